The molecule has 0 aromatic rings. The molecule has 2 N–H and O–H groups in total. The standard InChI is InChI=1S/C13H24N2O2/c1-9-6-15(7-10(9)2)8-13(3,12(16)17)14-11-4-5-11/h9-11,14H,4-8H2,1-3H3,(H,16,17). The van der Waals surface area contributed by atoms with Gasteiger partial charge < -0.3 is 10.0 Å². The summed E-state index contributed by atoms with van der Waals surface area (Å²) < 4.78 is 0. The lowest BCUT2D eigenvalue weighted by atomic mass is 10.0. The van der Waals surface area contributed by atoms with E-state index < -0.39 is 11.5 Å². The van der Waals surface area contributed by atoms with E-state index in [9.17, 15) is 9.90 Å². The van der Waals surface area contributed by atoms with Crippen molar-refractivity contribution in [3.8, 4) is 0 Å². The summed E-state index contributed by atoms with van der Waals surface area (Å²) in [7, 11) is 0. The molecular formula is C13H24N2O2. The van der Waals surface area contributed by atoms with Crippen LogP contribution in [0.3, 0.4) is 0 Å². The fourth-order valence-electron chi connectivity index (χ4n) is 2.68. The molecule has 1 aliphatic heterocycles. The van der Waals surface area contributed by atoms with E-state index in [1.165, 1.54) is 0 Å². The third kappa shape index (κ3) is 2.99. The molecule has 2 fully saturated rings. The monoisotopic (exact) mass is 240 g/mol. The van der Waals surface area contributed by atoms with E-state index in [4.69, 9.17) is 0 Å². The van der Waals surface area contributed by atoms with Crippen LogP contribution in [0.5, 0.6) is 0 Å². The first-order chi connectivity index (χ1) is 7.90. The highest BCUT2D eigenvalue weighted by Gasteiger charge is 2.41. The second-order valence-corrected chi connectivity index (χ2v) is 6.20. The number of hydrogen-bond acceptors (Lipinski definition) is 3. The van der Waals surface area contributed by atoms with E-state index in [1.54, 1.807) is 0 Å². The van der Waals surface area contributed by atoms with Crippen molar-refractivity contribution in [3.63, 3.8) is 0 Å². The Hall–Kier alpha value is -0.610. The first kappa shape index (κ1) is 12.8. The van der Waals surface area contributed by atoms with Crippen LogP contribution in [-0.4, -0.2) is 47.2 Å². The van der Waals surface area contributed by atoms with E-state index >= 15 is 0 Å². The van der Waals surface area contributed by atoms with E-state index in [-0.39, 0.29) is 0 Å². The minimum absolute atomic E-state index is 0.425. The minimum Gasteiger partial charge on any atom is -0.480 e. The first-order valence-corrected chi connectivity index (χ1v) is 6.64. The molecule has 17 heavy (non-hydrogen) atoms. The van der Waals surface area contributed by atoms with Crippen LogP contribution in [0.2, 0.25) is 0 Å². The molecule has 2 aliphatic rings. The number of nitrogens with zero attached hydrogens (tertiary/aromatic N) is 1. The Balaban J connectivity index is 1.95. The van der Waals surface area contributed by atoms with Crippen molar-refractivity contribution in [1.29, 1.82) is 0 Å². The predicted octanol–water partition coefficient (Wildman–Crippen LogP) is 1.17. The maximum Gasteiger partial charge on any atom is 0.324 e. The zero-order chi connectivity index (χ0) is 12.6. The zero-order valence-electron chi connectivity index (χ0n) is 11.1. The molecule has 2 rings (SSSR count). The van der Waals surface area contributed by atoms with Crippen molar-refractivity contribution in [3.05, 3.63) is 0 Å². The largest absolute Gasteiger partial charge is 0.480 e. The number of carboxylic acid groups (broad SMARTS) is 1. The van der Waals surface area contributed by atoms with Crippen LogP contribution in [0.1, 0.15) is 33.6 Å². The van der Waals surface area contributed by atoms with Crippen molar-refractivity contribution < 1.29 is 9.90 Å². The number of carbonyl (C=O) groups is 1. The van der Waals surface area contributed by atoms with Crippen LogP contribution in [0.4, 0.5) is 0 Å². The quantitative estimate of drug-likeness (QED) is 0.757. The summed E-state index contributed by atoms with van der Waals surface area (Å²) in [6.45, 7) is 8.98. The van der Waals surface area contributed by atoms with Crippen LogP contribution in [0, 0.1) is 11.8 Å². The van der Waals surface area contributed by atoms with Gasteiger partial charge in [-0.2, -0.15) is 0 Å². The normalized spacial score (nSPS) is 33.6. The Morgan fingerprint density at radius 3 is 2.29 bits per heavy atom. The van der Waals surface area contributed by atoms with Gasteiger partial charge in [-0.05, 0) is 31.6 Å². The summed E-state index contributed by atoms with van der Waals surface area (Å²) in [6, 6.07) is 0.425. The average molecular weight is 240 g/mol. The van der Waals surface area contributed by atoms with Crippen LogP contribution in [-0.2, 0) is 4.79 Å². The maximum absolute atomic E-state index is 11.4. The maximum atomic E-state index is 11.4. The Labute approximate surface area is 103 Å². The van der Waals surface area contributed by atoms with Gasteiger partial charge in [-0.15, -0.1) is 0 Å². The highest BCUT2D eigenvalue weighted by Crippen LogP contribution is 2.26. The van der Waals surface area contributed by atoms with Crippen molar-refractivity contribution in [2.75, 3.05) is 19.6 Å². The fraction of sp³-hybridized carbons (Fsp3) is 0.923. The van der Waals surface area contributed by atoms with Gasteiger partial charge in [-0.3, -0.25) is 10.1 Å². The van der Waals surface area contributed by atoms with Crippen molar-refractivity contribution >= 4 is 5.97 Å². The molecular weight excluding hydrogens is 216 g/mol. The van der Waals surface area contributed by atoms with Gasteiger partial charge in [0.1, 0.15) is 5.54 Å². The van der Waals surface area contributed by atoms with Gasteiger partial charge in [0.05, 0.1) is 0 Å². The average Bonchev–Trinajstić information content (AvgIpc) is 2.95. The molecule has 0 spiro atoms. The smallest absolute Gasteiger partial charge is 0.324 e. The molecule has 1 saturated carbocycles. The summed E-state index contributed by atoms with van der Waals surface area (Å²) in [6.07, 6.45) is 2.24. The number of hydrogen-bond donors (Lipinski definition) is 2. The Bertz CT molecular complexity index is 294. The summed E-state index contributed by atoms with van der Waals surface area (Å²) >= 11 is 0. The number of nitrogens with one attached hydrogen (secondary N) is 1. The van der Waals surface area contributed by atoms with Gasteiger partial charge in [0.15, 0.2) is 0 Å². The molecule has 0 radical (unpaired) electrons. The lowest BCUT2D eigenvalue weighted by molar-refractivity contribution is -0.145. The highest BCUT2D eigenvalue weighted by atomic mass is 16.4. The van der Waals surface area contributed by atoms with Crippen molar-refractivity contribution in [1.82, 2.24) is 10.2 Å². The summed E-state index contributed by atoms with van der Waals surface area (Å²) in [5, 5.41) is 12.7. The Morgan fingerprint density at radius 1 is 1.35 bits per heavy atom. The third-order valence-electron chi connectivity index (χ3n) is 4.18. The summed E-state index contributed by atoms with van der Waals surface area (Å²) in [4.78, 5) is 13.7. The van der Waals surface area contributed by atoms with Crippen LogP contribution in [0.15, 0.2) is 0 Å². The number of carboxylic acids is 1. The predicted molar refractivity (Wildman–Crippen MR) is 67.0 cm³/mol. The van der Waals surface area contributed by atoms with Crippen LogP contribution < -0.4 is 5.32 Å². The molecule has 0 aromatic carbocycles. The topological polar surface area (TPSA) is 52.6 Å². The molecule has 3 unspecified atom stereocenters. The second kappa shape index (κ2) is 4.58. The van der Waals surface area contributed by atoms with E-state index in [0.29, 0.717) is 24.4 Å². The number of aliphatic carboxylic acids is 1. The molecule has 4 nitrogen and oxygen atoms in total. The first-order valence-electron chi connectivity index (χ1n) is 6.64. The van der Waals surface area contributed by atoms with Crippen molar-refractivity contribution in [2.24, 2.45) is 11.8 Å². The summed E-state index contributed by atoms with van der Waals surface area (Å²) in [5.74, 6) is 0.625. The van der Waals surface area contributed by atoms with Crippen LogP contribution >= 0.6 is 0 Å². The van der Waals surface area contributed by atoms with Gasteiger partial charge in [-0.1, -0.05) is 13.8 Å². The molecule has 4 heteroatoms. The van der Waals surface area contributed by atoms with Crippen molar-refractivity contribution in [2.45, 2.75) is 45.2 Å². The van der Waals surface area contributed by atoms with E-state index in [1.807, 2.05) is 6.92 Å². The lowest BCUT2D eigenvalue weighted by Crippen LogP contribution is -2.57. The second-order valence-electron chi connectivity index (χ2n) is 6.20. The van der Waals surface area contributed by atoms with Gasteiger partial charge in [0, 0.05) is 25.7 Å². The van der Waals surface area contributed by atoms with Gasteiger partial charge in [0.2, 0.25) is 0 Å². The number of rotatable bonds is 5. The molecule has 98 valence electrons. The SMILES string of the molecule is CC1CN(CC(C)(NC2CC2)C(=O)O)CC1C. The summed E-state index contributed by atoms with van der Waals surface area (Å²) in [5.41, 5.74) is -0.787. The van der Waals surface area contributed by atoms with Crippen LogP contribution in [0.25, 0.3) is 0 Å². The Morgan fingerprint density at radius 2 is 1.88 bits per heavy atom. The van der Waals surface area contributed by atoms with Gasteiger partial charge in [0.25, 0.3) is 0 Å². The number of likely N-dealkylation sites (tertiary alicyclic amines) is 1. The minimum atomic E-state index is -0.787. The molecule has 1 heterocycles. The molecule has 1 aliphatic carbocycles. The molecule has 0 bridgehead atoms. The van der Waals surface area contributed by atoms with E-state index in [0.717, 1.165) is 25.9 Å². The highest BCUT2D eigenvalue weighted by molar-refractivity contribution is 5.78. The lowest BCUT2D eigenvalue weighted by Gasteiger charge is -2.31. The molecule has 0 amide bonds. The fourth-order valence-corrected chi connectivity index (χ4v) is 2.68. The van der Waals surface area contributed by atoms with Gasteiger partial charge in [-0.25, -0.2) is 0 Å². The van der Waals surface area contributed by atoms with E-state index in [2.05, 4.69) is 24.1 Å². The zero-order valence-corrected chi connectivity index (χ0v) is 11.1. The van der Waals surface area contributed by atoms with Gasteiger partial charge >= 0.3 is 5.97 Å². The third-order valence-corrected chi connectivity index (χ3v) is 4.18. The molecule has 0 aromatic heterocycles. The molecule has 3 atom stereocenters. The Kier molecular flexibility index (Phi) is 3.46. The molecule has 1 saturated heterocycles.